The Bertz CT molecular complexity index is 217. The van der Waals surface area contributed by atoms with Gasteiger partial charge in [0.25, 0.3) is 0 Å². The van der Waals surface area contributed by atoms with Crippen LogP contribution in [0.4, 0.5) is 13.2 Å². The zero-order chi connectivity index (χ0) is 11.4. The van der Waals surface area contributed by atoms with Gasteiger partial charge in [0.15, 0.2) is 0 Å². The highest BCUT2D eigenvalue weighted by Crippen LogP contribution is 2.19. The molecule has 0 amide bonds. The third-order valence-electron chi connectivity index (χ3n) is 1.74. The topological polar surface area (TPSA) is 35.8 Å². The molecule has 2 nitrogen and oxygen atoms in total. The summed E-state index contributed by atoms with van der Waals surface area (Å²) in [6.45, 7) is 4.10. The fourth-order valence-corrected chi connectivity index (χ4v) is 1.27. The third kappa shape index (κ3) is 5.81. The Labute approximate surface area is 82.1 Å². The van der Waals surface area contributed by atoms with Gasteiger partial charge < -0.3 is 0 Å². The molecule has 0 fully saturated rings. The zero-order valence-corrected chi connectivity index (χ0v) is 8.57. The fourth-order valence-electron chi connectivity index (χ4n) is 1.27. The summed E-state index contributed by atoms with van der Waals surface area (Å²) in [5.41, 5.74) is -1.09. The molecule has 1 unspecified atom stereocenters. The van der Waals surface area contributed by atoms with Crippen molar-refractivity contribution in [2.45, 2.75) is 38.9 Å². The van der Waals surface area contributed by atoms with Crippen molar-refractivity contribution in [3.05, 3.63) is 0 Å². The van der Waals surface area contributed by atoms with Crippen LogP contribution in [0.5, 0.6) is 0 Å². The van der Waals surface area contributed by atoms with E-state index in [9.17, 15) is 13.2 Å². The molecular formula is C9H15F3N2. The Morgan fingerprint density at radius 3 is 2.14 bits per heavy atom. The van der Waals surface area contributed by atoms with Crippen molar-refractivity contribution in [2.24, 2.45) is 5.92 Å². The summed E-state index contributed by atoms with van der Waals surface area (Å²) in [6, 6.07) is 1.87. The molecule has 82 valence electrons. The molecule has 0 aliphatic rings. The van der Waals surface area contributed by atoms with Gasteiger partial charge in [-0.15, -0.1) is 0 Å². The highest BCUT2D eigenvalue weighted by atomic mass is 19.4. The van der Waals surface area contributed by atoms with Crippen LogP contribution in [-0.2, 0) is 0 Å². The van der Waals surface area contributed by atoms with Crippen LogP contribution >= 0.6 is 0 Å². The number of hydrogen-bond donors (Lipinski definition) is 1. The fraction of sp³-hybridized carbons (Fsp3) is 0.889. The average molecular weight is 208 g/mol. The van der Waals surface area contributed by atoms with Crippen molar-refractivity contribution >= 4 is 0 Å². The quantitative estimate of drug-likeness (QED) is 0.770. The van der Waals surface area contributed by atoms with Crippen molar-refractivity contribution in [1.29, 1.82) is 5.26 Å². The Kier molecular flexibility index (Phi) is 4.40. The highest BCUT2D eigenvalue weighted by molar-refractivity contribution is 5.04. The van der Waals surface area contributed by atoms with Crippen molar-refractivity contribution in [1.82, 2.24) is 5.32 Å². The molecule has 0 radical (unpaired) electrons. The van der Waals surface area contributed by atoms with Gasteiger partial charge in [-0.2, -0.15) is 18.4 Å². The molecule has 0 heterocycles. The molecular weight excluding hydrogens is 193 g/mol. The number of nitriles is 1. The van der Waals surface area contributed by atoms with Crippen LogP contribution in [0.25, 0.3) is 0 Å². The summed E-state index contributed by atoms with van der Waals surface area (Å²) in [6.07, 6.45) is -3.87. The minimum Gasteiger partial charge on any atom is -0.291 e. The summed E-state index contributed by atoms with van der Waals surface area (Å²) in [5.74, 6) is 0.181. The molecule has 0 aliphatic heterocycles. The van der Waals surface area contributed by atoms with Crippen LogP contribution in [0.3, 0.4) is 0 Å². The van der Waals surface area contributed by atoms with E-state index in [1.165, 1.54) is 6.92 Å². The molecule has 5 heteroatoms. The first kappa shape index (κ1) is 13.2. The summed E-state index contributed by atoms with van der Waals surface area (Å²) in [4.78, 5) is 0. The van der Waals surface area contributed by atoms with Crippen LogP contribution < -0.4 is 5.32 Å². The second-order valence-corrected chi connectivity index (χ2v) is 4.01. The molecule has 0 saturated carbocycles. The predicted octanol–water partition coefficient (Wildman–Crippen LogP) is 2.47. The second kappa shape index (κ2) is 4.65. The first-order valence-corrected chi connectivity index (χ1v) is 4.41. The van der Waals surface area contributed by atoms with E-state index in [4.69, 9.17) is 5.26 Å². The molecule has 0 aromatic rings. The molecule has 0 saturated heterocycles. The van der Waals surface area contributed by atoms with E-state index < -0.39 is 18.3 Å². The van der Waals surface area contributed by atoms with Crippen molar-refractivity contribution in [3.63, 3.8) is 0 Å². The van der Waals surface area contributed by atoms with Gasteiger partial charge in [-0.05, 0) is 19.3 Å². The summed E-state index contributed by atoms with van der Waals surface area (Å²) in [7, 11) is 0. The van der Waals surface area contributed by atoms with E-state index in [0.717, 1.165) is 0 Å². The Morgan fingerprint density at radius 2 is 1.86 bits per heavy atom. The van der Waals surface area contributed by atoms with Gasteiger partial charge in [0, 0.05) is 0 Å². The molecule has 14 heavy (non-hydrogen) atoms. The second-order valence-electron chi connectivity index (χ2n) is 4.01. The minimum atomic E-state index is -4.27. The molecule has 1 atom stereocenters. The predicted molar refractivity (Wildman–Crippen MR) is 47.5 cm³/mol. The first-order chi connectivity index (χ1) is 6.18. The molecule has 0 aromatic carbocycles. The smallest absolute Gasteiger partial charge is 0.291 e. The maximum atomic E-state index is 11.9. The lowest BCUT2D eigenvalue weighted by Crippen LogP contribution is -2.46. The maximum Gasteiger partial charge on any atom is 0.401 e. The van der Waals surface area contributed by atoms with E-state index in [0.29, 0.717) is 6.42 Å². The van der Waals surface area contributed by atoms with E-state index in [1.54, 1.807) is 0 Å². The highest BCUT2D eigenvalue weighted by Gasteiger charge is 2.33. The maximum absolute atomic E-state index is 11.9. The lowest BCUT2D eigenvalue weighted by atomic mass is 9.92. The van der Waals surface area contributed by atoms with E-state index in [-0.39, 0.29) is 5.92 Å². The van der Waals surface area contributed by atoms with Gasteiger partial charge in [0.2, 0.25) is 0 Å². The lowest BCUT2D eigenvalue weighted by molar-refractivity contribution is -0.127. The third-order valence-corrected chi connectivity index (χ3v) is 1.74. The van der Waals surface area contributed by atoms with E-state index in [1.807, 2.05) is 19.9 Å². The molecule has 0 aromatic heterocycles. The van der Waals surface area contributed by atoms with E-state index >= 15 is 0 Å². The monoisotopic (exact) mass is 208 g/mol. The Balaban J connectivity index is 4.22. The molecule has 0 bridgehead atoms. The van der Waals surface area contributed by atoms with Crippen LogP contribution in [0.15, 0.2) is 0 Å². The van der Waals surface area contributed by atoms with Crippen LogP contribution in [-0.4, -0.2) is 18.3 Å². The SMILES string of the molecule is CC(C)CC(C)(C#N)NCC(F)(F)F. The average Bonchev–Trinajstić information content (AvgIpc) is 1.99. The normalized spacial score (nSPS) is 16.4. The molecule has 1 N–H and O–H groups in total. The Hall–Kier alpha value is -0.760. The Morgan fingerprint density at radius 1 is 1.36 bits per heavy atom. The first-order valence-electron chi connectivity index (χ1n) is 4.41. The van der Waals surface area contributed by atoms with Gasteiger partial charge in [-0.25, -0.2) is 0 Å². The largest absolute Gasteiger partial charge is 0.401 e. The van der Waals surface area contributed by atoms with Crippen LogP contribution in [0, 0.1) is 17.2 Å². The molecule has 0 aliphatic carbocycles. The lowest BCUT2D eigenvalue weighted by Gasteiger charge is -2.25. The zero-order valence-electron chi connectivity index (χ0n) is 8.57. The van der Waals surface area contributed by atoms with Gasteiger partial charge in [-0.1, -0.05) is 13.8 Å². The minimum absolute atomic E-state index is 0.181. The van der Waals surface area contributed by atoms with Gasteiger partial charge in [0.05, 0.1) is 12.6 Å². The van der Waals surface area contributed by atoms with Crippen LogP contribution in [0.1, 0.15) is 27.2 Å². The number of rotatable bonds is 4. The molecule has 0 spiro atoms. The van der Waals surface area contributed by atoms with Crippen molar-refractivity contribution in [3.8, 4) is 6.07 Å². The summed E-state index contributed by atoms with van der Waals surface area (Å²) in [5, 5.41) is 11.0. The number of alkyl halides is 3. The molecule has 0 rings (SSSR count). The van der Waals surface area contributed by atoms with Gasteiger partial charge >= 0.3 is 6.18 Å². The van der Waals surface area contributed by atoms with Gasteiger partial charge in [0.1, 0.15) is 5.54 Å². The number of nitrogens with one attached hydrogen (secondary N) is 1. The van der Waals surface area contributed by atoms with Crippen LogP contribution in [0.2, 0.25) is 0 Å². The van der Waals surface area contributed by atoms with Crippen molar-refractivity contribution < 1.29 is 13.2 Å². The summed E-state index contributed by atoms with van der Waals surface area (Å²) < 4.78 is 35.7. The van der Waals surface area contributed by atoms with E-state index in [2.05, 4.69) is 5.32 Å². The van der Waals surface area contributed by atoms with Gasteiger partial charge in [-0.3, -0.25) is 5.32 Å². The summed E-state index contributed by atoms with van der Waals surface area (Å²) >= 11 is 0. The number of hydrogen-bond acceptors (Lipinski definition) is 2. The number of halogens is 3. The van der Waals surface area contributed by atoms with Crippen molar-refractivity contribution in [2.75, 3.05) is 6.54 Å². The standard InChI is InChI=1S/C9H15F3N2/c1-7(2)4-8(3,5-13)14-6-9(10,11)12/h7,14H,4,6H2,1-3H3. The number of nitrogens with zero attached hydrogens (tertiary/aromatic N) is 1.